The minimum absolute atomic E-state index is 0.0261. The summed E-state index contributed by atoms with van der Waals surface area (Å²) < 4.78 is 16.5. The standard InChI is InChI=1S/C21H36N2O6/c1-14(24)22(5)16-11-17(23(12-16)20(26)29-21(2,3)4)13-28-18-9-7-15(8-10-18)19(25)27-6/h15-18H,7-13H2,1-6H3/t15-,16-,17-,18-/m0/s1. The first kappa shape index (κ1) is 23.4. The van der Waals surface area contributed by atoms with Gasteiger partial charge in [0.15, 0.2) is 0 Å². The summed E-state index contributed by atoms with van der Waals surface area (Å²) in [7, 11) is 3.18. The summed E-state index contributed by atoms with van der Waals surface area (Å²) in [5.74, 6) is -0.217. The van der Waals surface area contributed by atoms with Crippen molar-refractivity contribution in [2.75, 3.05) is 27.3 Å². The molecular weight excluding hydrogens is 376 g/mol. The van der Waals surface area contributed by atoms with Gasteiger partial charge in [-0.2, -0.15) is 0 Å². The van der Waals surface area contributed by atoms with E-state index in [9.17, 15) is 14.4 Å². The van der Waals surface area contributed by atoms with E-state index in [1.54, 1.807) is 16.8 Å². The van der Waals surface area contributed by atoms with E-state index in [2.05, 4.69) is 0 Å². The van der Waals surface area contributed by atoms with Gasteiger partial charge in [-0.1, -0.05) is 0 Å². The minimum Gasteiger partial charge on any atom is -0.469 e. The van der Waals surface area contributed by atoms with E-state index in [-0.39, 0.29) is 42.1 Å². The molecule has 2 atom stereocenters. The number of likely N-dealkylation sites (N-methyl/N-ethyl adjacent to an activating group) is 1. The van der Waals surface area contributed by atoms with E-state index in [0.29, 0.717) is 19.6 Å². The molecule has 0 aromatic rings. The molecule has 1 heterocycles. The Morgan fingerprint density at radius 2 is 1.72 bits per heavy atom. The Bertz CT molecular complexity index is 594. The number of methoxy groups -OCH3 is 1. The fraction of sp³-hybridized carbons (Fsp3) is 0.857. The SMILES string of the molecule is COC(=O)[C@H]1CC[C@H](OC[C@@H]2C[C@H](N(C)C(C)=O)CN2C(=O)OC(C)(C)C)CC1. The van der Waals surface area contributed by atoms with Crippen LogP contribution >= 0.6 is 0 Å². The highest BCUT2D eigenvalue weighted by molar-refractivity contribution is 5.74. The number of ether oxygens (including phenoxy) is 3. The predicted octanol–water partition coefficient (Wildman–Crippen LogP) is 2.59. The van der Waals surface area contributed by atoms with E-state index >= 15 is 0 Å². The van der Waals surface area contributed by atoms with Gasteiger partial charge in [0.1, 0.15) is 5.60 Å². The van der Waals surface area contributed by atoms with Crippen molar-refractivity contribution >= 4 is 18.0 Å². The van der Waals surface area contributed by atoms with Gasteiger partial charge >= 0.3 is 12.1 Å². The molecule has 2 aliphatic rings. The smallest absolute Gasteiger partial charge is 0.410 e. The van der Waals surface area contributed by atoms with Gasteiger partial charge in [-0.15, -0.1) is 0 Å². The van der Waals surface area contributed by atoms with Crippen LogP contribution in [0.2, 0.25) is 0 Å². The van der Waals surface area contributed by atoms with Crippen LogP contribution in [-0.4, -0.2) is 78.9 Å². The number of nitrogens with zero attached hydrogens (tertiary/aromatic N) is 2. The van der Waals surface area contributed by atoms with Crippen molar-refractivity contribution in [3.05, 3.63) is 0 Å². The van der Waals surface area contributed by atoms with Gasteiger partial charge in [0.2, 0.25) is 5.91 Å². The fourth-order valence-electron chi connectivity index (χ4n) is 4.01. The zero-order chi connectivity index (χ0) is 21.8. The van der Waals surface area contributed by atoms with E-state index in [0.717, 1.165) is 25.7 Å². The lowest BCUT2D eigenvalue weighted by atomic mass is 9.87. The van der Waals surface area contributed by atoms with Crippen molar-refractivity contribution in [1.29, 1.82) is 0 Å². The molecule has 2 amide bonds. The van der Waals surface area contributed by atoms with Crippen molar-refractivity contribution in [2.24, 2.45) is 5.92 Å². The molecule has 8 nitrogen and oxygen atoms in total. The summed E-state index contributed by atoms with van der Waals surface area (Å²) in [5, 5.41) is 0. The summed E-state index contributed by atoms with van der Waals surface area (Å²) in [6.07, 6.45) is 3.47. The van der Waals surface area contributed by atoms with Crippen LogP contribution in [-0.2, 0) is 23.8 Å². The summed E-state index contributed by atoms with van der Waals surface area (Å²) in [6.45, 7) is 7.88. The Balaban J connectivity index is 1.95. The Morgan fingerprint density at radius 1 is 1.10 bits per heavy atom. The van der Waals surface area contributed by atoms with Crippen LogP contribution in [0, 0.1) is 5.92 Å². The van der Waals surface area contributed by atoms with Crippen LogP contribution in [0.25, 0.3) is 0 Å². The van der Waals surface area contributed by atoms with Gasteiger partial charge in [0, 0.05) is 20.5 Å². The molecule has 0 aromatic carbocycles. The number of carbonyl (C=O) groups is 3. The number of likely N-dealkylation sites (tertiary alicyclic amines) is 1. The zero-order valence-corrected chi connectivity index (χ0v) is 18.6. The Hall–Kier alpha value is -1.83. The predicted molar refractivity (Wildman–Crippen MR) is 107 cm³/mol. The largest absolute Gasteiger partial charge is 0.469 e. The second-order valence-electron chi connectivity index (χ2n) is 9.14. The molecule has 0 unspecified atom stereocenters. The van der Waals surface area contributed by atoms with E-state index in [4.69, 9.17) is 14.2 Å². The molecule has 1 aliphatic carbocycles. The Labute approximate surface area is 173 Å². The zero-order valence-electron chi connectivity index (χ0n) is 18.6. The number of hydrogen-bond acceptors (Lipinski definition) is 6. The van der Waals surface area contributed by atoms with Crippen molar-refractivity contribution in [1.82, 2.24) is 9.80 Å². The maximum absolute atomic E-state index is 12.7. The topological polar surface area (TPSA) is 85.4 Å². The lowest BCUT2D eigenvalue weighted by Crippen LogP contribution is -2.43. The normalized spacial score (nSPS) is 27.4. The monoisotopic (exact) mass is 412 g/mol. The molecule has 166 valence electrons. The maximum atomic E-state index is 12.7. The molecule has 8 heteroatoms. The van der Waals surface area contributed by atoms with Gasteiger partial charge < -0.3 is 24.0 Å². The van der Waals surface area contributed by atoms with Gasteiger partial charge in [-0.25, -0.2) is 4.79 Å². The molecule has 1 saturated carbocycles. The molecule has 0 N–H and O–H groups in total. The van der Waals surface area contributed by atoms with E-state index < -0.39 is 5.60 Å². The molecule has 2 fully saturated rings. The third-order valence-corrected chi connectivity index (χ3v) is 5.80. The van der Waals surface area contributed by atoms with Gasteiger partial charge in [-0.05, 0) is 52.9 Å². The molecule has 1 saturated heterocycles. The lowest BCUT2D eigenvalue weighted by Gasteiger charge is -2.31. The molecule has 29 heavy (non-hydrogen) atoms. The van der Waals surface area contributed by atoms with Crippen molar-refractivity contribution in [2.45, 2.75) is 83.6 Å². The first-order valence-electron chi connectivity index (χ1n) is 10.4. The summed E-state index contributed by atoms with van der Waals surface area (Å²) in [4.78, 5) is 39.5. The highest BCUT2D eigenvalue weighted by Crippen LogP contribution is 2.29. The molecule has 2 rings (SSSR count). The quantitative estimate of drug-likeness (QED) is 0.645. The first-order chi connectivity index (χ1) is 13.5. The van der Waals surface area contributed by atoms with Crippen molar-refractivity contribution in [3.63, 3.8) is 0 Å². The first-order valence-corrected chi connectivity index (χ1v) is 10.4. The second-order valence-corrected chi connectivity index (χ2v) is 9.14. The summed E-state index contributed by atoms with van der Waals surface area (Å²) in [5.41, 5.74) is -0.584. The van der Waals surface area contributed by atoms with Crippen molar-refractivity contribution in [3.8, 4) is 0 Å². The molecule has 0 bridgehead atoms. The summed E-state index contributed by atoms with van der Waals surface area (Å²) in [6, 6.07) is -0.196. The highest BCUT2D eigenvalue weighted by atomic mass is 16.6. The van der Waals surface area contributed by atoms with Crippen molar-refractivity contribution < 1.29 is 28.6 Å². The third kappa shape index (κ3) is 6.59. The Morgan fingerprint density at radius 3 is 2.24 bits per heavy atom. The molecule has 0 radical (unpaired) electrons. The average molecular weight is 413 g/mol. The molecular formula is C21H36N2O6. The van der Waals surface area contributed by atoms with Gasteiger partial charge in [0.05, 0.1) is 37.8 Å². The van der Waals surface area contributed by atoms with Crippen LogP contribution in [0.3, 0.4) is 0 Å². The van der Waals surface area contributed by atoms with Crippen LogP contribution in [0.15, 0.2) is 0 Å². The van der Waals surface area contributed by atoms with Crippen LogP contribution in [0.4, 0.5) is 4.79 Å². The minimum atomic E-state index is -0.584. The average Bonchev–Trinajstić information content (AvgIpc) is 3.08. The van der Waals surface area contributed by atoms with Crippen LogP contribution < -0.4 is 0 Å². The third-order valence-electron chi connectivity index (χ3n) is 5.80. The fourth-order valence-corrected chi connectivity index (χ4v) is 4.01. The second kappa shape index (κ2) is 9.78. The Kier molecular flexibility index (Phi) is 7.91. The van der Waals surface area contributed by atoms with Crippen LogP contribution in [0.5, 0.6) is 0 Å². The number of esters is 1. The lowest BCUT2D eigenvalue weighted by molar-refractivity contribution is -0.147. The number of hydrogen-bond donors (Lipinski definition) is 0. The highest BCUT2D eigenvalue weighted by Gasteiger charge is 2.40. The molecule has 0 spiro atoms. The van der Waals surface area contributed by atoms with Crippen LogP contribution in [0.1, 0.15) is 59.8 Å². The number of carbonyl (C=O) groups excluding carboxylic acids is 3. The van der Waals surface area contributed by atoms with E-state index in [1.165, 1.54) is 14.0 Å². The number of amides is 2. The van der Waals surface area contributed by atoms with Gasteiger partial charge in [0.25, 0.3) is 0 Å². The summed E-state index contributed by atoms with van der Waals surface area (Å²) >= 11 is 0. The molecule has 1 aliphatic heterocycles. The molecule has 0 aromatic heterocycles. The maximum Gasteiger partial charge on any atom is 0.410 e. The number of rotatable bonds is 5. The van der Waals surface area contributed by atoms with E-state index in [1.807, 2.05) is 20.8 Å². The van der Waals surface area contributed by atoms with Gasteiger partial charge in [-0.3, -0.25) is 9.59 Å².